The monoisotopic (exact) mass is 582 g/mol. The standard InChI is InChI=1S/C19H25ClIN4O5P/c1-5-27-31(26,28-6-2)8-19-7-10(19)12(13-14(19)30-18(3,4)29-13)25-9-22-11-15(20)23-17(21)24-16(11)25/h9-10,12-14H,5-8H2,1-4H3/t10-,12-,13+,14+,19+/m1/s1. The van der Waals surface area contributed by atoms with Crippen molar-refractivity contribution in [1.29, 1.82) is 0 Å². The van der Waals surface area contributed by atoms with Gasteiger partial charge >= 0.3 is 7.60 Å². The van der Waals surface area contributed by atoms with Crippen LogP contribution in [-0.2, 0) is 23.1 Å². The Bertz CT molecular complexity index is 1070. The first kappa shape index (κ1) is 22.4. The minimum Gasteiger partial charge on any atom is -0.344 e. The van der Waals surface area contributed by atoms with Crippen LogP contribution < -0.4 is 0 Å². The number of imidazole rings is 1. The number of rotatable bonds is 7. The second-order valence-corrected chi connectivity index (χ2v) is 12.1. The Morgan fingerprint density at radius 2 is 2.00 bits per heavy atom. The molecular formula is C19H25ClIN4O5P. The third-order valence-corrected chi connectivity index (χ3v) is 9.46. The van der Waals surface area contributed by atoms with Gasteiger partial charge in [0.2, 0.25) is 0 Å². The molecule has 3 fully saturated rings. The number of hydrogen-bond acceptors (Lipinski definition) is 8. The van der Waals surface area contributed by atoms with Gasteiger partial charge in [-0.1, -0.05) is 11.6 Å². The number of halogens is 2. The summed E-state index contributed by atoms with van der Waals surface area (Å²) in [6.07, 6.45) is 2.45. The maximum atomic E-state index is 13.4. The van der Waals surface area contributed by atoms with Crippen molar-refractivity contribution in [2.24, 2.45) is 11.3 Å². The fourth-order valence-corrected chi connectivity index (χ4v) is 8.57. The smallest absolute Gasteiger partial charge is 0.331 e. The van der Waals surface area contributed by atoms with Crippen LogP contribution >= 0.6 is 41.8 Å². The van der Waals surface area contributed by atoms with Gasteiger partial charge in [0.25, 0.3) is 0 Å². The zero-order chi connectivity index (χ0) is 22.2. The van der Waals surface area contributed by atoms with Crippen molar-refractivity contribution in [2.75, 3.05) is 19.4 Å². The maximum Gasteiger partial charge on any atom is 0.331 e. The summed E-state index contributed by atoms with van der Waals surface area (Å²) in [4.78, 5) is 13.3. The quantitative estimate of drug-likeness (QED) is 0.205. The van der Waals surface area contributed by atoms with Gasteiger partial charge in [-0.3, -0.25) is 4.57 Å². The van der Waals surface area contributed by atoms with Crippen LogP contribution in [0.1, 0.15) is 40.2 Å². The second kappa shape index (κ2) is 7.58. The van der Waals surface area contributed by atoms with E-state index >= 15 is 0 Å². The van der Waals surface area contributed by atoms with Crippen LogP contribution in [0.4, 0.5) is 0 Å². The number of ether oxygens (including phenoxy) is 2. The molecular weight excluding hydrogens is 558 g/mol. The van der Waals surface area contributed by atoms with E-state index in [9.17, 15) is 4.57 Å². The van der Waals surface area contributed by atoms with E-state index in [1.807, 2.05) is 54.9 Å². The van der Waals surface area contributed by atoms with Gasteiger partial charge in [-0.25, -0.2) is 15.0 Å². The molecule has 31 heavy (non-hydrogen) atoms. The summed E-state index contributed by atoms with van der Waals surface area (Å²) in [6.45, 7) is 8.14. The van der Waals surface area contributed by atoms with E-state index in [-0.39, 0.29) is 29.6 Å². The molecule has 2 aromatic rings. The minimum absolute atomic E-state index is 0.0738. The summed E-state index contributed by atoms with van der Waals surface area (Å²) in [5.41, 5.74) is 0.884. The molecule has 3 aliphatic rings. The molecule has 5 atom stereocenters. The molecule has 0 bridgehead atoms. The number of fused-ring (bicyclic) bond motifs is 4. The molecule has 0 N–H and O–H groups in total. The van der Waals surface area contributed by atoms with Crippen LogP contribution in [0.3, 0.4) is 0 Å². The zero-order valence-electron chi connectivity index (χ0n) is 17.7. The van der Waals surface area contributed by atoms with E-state index in [1.54, 1.807) is 6.33 Å². The topological polar surface area (TPSA) is 97.6 Å². The molecule has 1 aliphatic heterocycles. The van der Waals surface area contributed by atoms with Crippen LogP contribution in [0.25, 0.3) is 11.2 Å². The van der Waals surface area contributed by atoms with Gasteiger partial charge in [0.05, 0.1) is 37.8 Å². The first-order valence-electron chi connectivity index (χ1n) is 10.4. The average Bonchev–Trinajstić information content (AvgIpc) is 2.92. The molecule has 0 amide bonds. The van der Waals surface area contributed by atoms with Gasteiger partial charge in [-0.2, -0.15) is 0 Å². The van der Waals surface area contributed by atoms with Crippen LogP contribution in [0.5, 0.6) is 0 Å². The van der Waals surface area contributed by atoms with Gasteiger partial charge in [0, 0.05) is 28.0 Å². The predicted molar refractivity (Wildman–Crippen MR) is 122 cm³/mol. The van der Waals surface area contributed by atoms with Gasteiger partial charge < -0.3 is 23.1 Å². The molecule has 9 nitrogen and oxygen atoms in total. The van der Waals surface area contributed by atoms with Crippen LogP contribution in [0, 0.1) is 15.2 Å². The third kappa shape index (κ3) is 3.57. The van der Waals surface area contributed by atoms with Crippen LogP contribution in [0.15, 0.2) is 6.33 Å². The lowest BCUT2D eigenvalue weighted by atomic mass is 10.0. The number of hydrogen-bond donors (Lipinski definition) is 0. The molecule has 2 saturated carbocycles. The Labute approximate surface area is 199 Å². The number of aromatic nitrogens is 4. The largest absolute Gasteiger partial charge is 0.344 e. The highest BCUT2D eigenvalue weighted by atomic mass is 127. The molecule has 3 heterocycles. The molecule has 2 aliphatic carbocycles. The maximum absolute atomic E-state index is 13.4. The molecule has 0 aromatic carbocycles. The highest BCUT2D eigenvalue weighted by Crippen LogP contribution is 2.75. The lowest BCUT2D eigenvalue weighted by Crippen LogP contribution is -2.33. The highest BCUT2D eigenvalue weighted by Gasteiger charge is 2.77. The molecule has 0 unspecified atom stereocenters. The summed E-state index contributed by atoms with van der Waals surface area (Å²) in [7, 11) is -3.26. The Balaban J connectivity index is 1.56. The van der Waals surface area contributed by atoms with E-state index < -0.39 is 13.4 Å². The highest BCUT2D eigenvalue weighted by molar-refractivity contribution is 14.1. The van der Waals surface area contributed by atoms with Gasteiger partial charge in [0.15, 0.2) is 20.4 Å². The van der Waals surface area contributed by atoms with Crippen molar-refractivity contribution in [1.82, 2.24) is 19.5 Å². The third-order valence-electron chi connectivity index (χ3n) is 6.44. The Morgan fingerprint density at radius 1 is 1.29 bits per heavy atom. The molecule has 0 radical (unpaired) electrons. The van der Waals surface area contributed by atoms with Crippen molar-refractivity contribution in [3.05, 3.63) is 15.3 Å². The molecule has 2 aromatic heterocycles. The van der Waals surface area contributed by atoms with Crippen molar-refractivity contribution >= 4 is 53.0 Å². The summed E-state index contributed by atoms with van der Waals surface area (Å²) >= 11 is 8.36. The average molecular weight is 583 g/mol. The van der Waals surface area contributed by atoms with Crippen molar-refractivity contribution in [2.45, 2.75) is 58.2 Å². The second-order valence-electron chi connectivity index (χ2n) is 8.77. The first-order chi connectivity index (χ1) is 14.6. The molecule has 170 valence electrons. The lowest BCUT2D eigenvalue weighted by Gasteiger charge is -2.27. The summed E-state index contributed by atoms with van der Waals surface area (Å²) in [5, 5.41) is 0.325. The SMILES string of the molecule is CCOP(=O)(C[C@@]12C[C@@H]1[C@@H](n1cnc3c(Cl)nc(I)nc31)[C@@H]1OC(C)(C)O[C@@H]12)OCC. The Kier molecular flexibility index (Phi) is 5.48. The van der Waals surface area contributed by atoms with Crippen molar-refractivity contribution in [3.63, 3.8) is 0 Å². The van der Waals surface area contributed by atoms with Crippen molar-refractivity contribution < 1.29 is 23.1 Å². The van der Waals surface area contributed by atoms with E-state index in [4.69, 9.17) is 30.1 Å². The summed E-state index contributed by atoms with van der Waals surface area (Å²) < 4.78 is 40.0. The predicted octanol–water partition coefficient (Wildman–Crippen LogP) is 4.43. The van der Waals surface area contributed by atoms with Gasteiger partial charge in [0.1, 0.15) is 11.6 Å². The Hall–Kier alpha value is -0.360. The normalized spacial score (nSPS) is 33.6. The van der Waals surface area contributed by atoms with Gasteiger partial charge in [-0.15, -0.1) is 0 Å². The zero-order valence-corrected chi connectivity index (χ0v) is 21.6. The van der Waals surface area contributed by atoms with Crippen LogP contribution in [-0.4, -0.2) is 56.9 Å². The lowest BCUT2D eigenvalue weighted by molar-refractivity contribution is -0.160. The van der Waals surface area contributed by atoms with Crippen molar-refractivity contribution in [3.8, 4) is 0 Å². The fourth-order valence-electron chi connectivity index (χ4n) is 5.43. The Morgan fingerprint density at radius 3 is 2.68 bits per heavy atom. The summed E-state index contributed by atoms with van der Waals surface area (Å²) in [6, 6.07) is -0.0738. The first-order valence-corrected chi connectivity index (χ1v) is 13.6. The van der Waals surface area contributed by atoms with Gasteiger partial charge in [-0.05, 0) is 40.0 Å². The molecule has 0 spiro atoms. The number of nitrogens with zero attached hydrogens (tertiary/aromatic N) is 4. The van der Waals surface area contributed by atoms with E-state index in [1.165, 1.54) is 0 Å². The summed E-state index contributed by atoms with van der Waals surface area (Å²) in [5.74, 6) is -0.566. The molecule has 12 heteroatoms. The minimum atomic E-state index is -3.26. The molecule has 5 rings (SSSR count). The molecule has 1 saturated heterocycles. The van der Waals surface area contributed by atoms with Crippen LogP contribution in [0.2, 0.25) is 5.15 Å². The van der Waals surface area contributed by atoms with E-state index in [0.29, 0.717) is 39.5 Å². The van der Waals surface area contributed by atoms with E-state index in [2.05, 4.69) is 15.0 Å². The fraction of sp³-hybridized carbons (Fsp3) is 0.737. The van der Waals surface area contributed by atoms with E-state index in [0.717, 1.165) is 6.42 Å².